The molecule has 18 heavy (non-hydrogen) atoms. The first-order valence-corrected chi connectivity index (χ1v) is 6.21. The molecule has 0 N–H and O–H groups in total. The Balaban J connectivity index is 3.90. The van der Waals surface area contributed by atoms with Gasteiger partial charge in [0.25, 0.3) is 0 Å². The number of carbonyl (C=O) groups excluding carboxylic acids is 1. The zero-order valence-electron chi connectivity index (χ0n) is 11.0. The van der Waals surface area contributed by atoms with Crippen molar-refractivity contribution in [1.82, 2.24) is 0 Å². The summed E-state index contributed by atoms with van der Waals surface area (Å²) in [6, 6.07) is 0. The third-order valence-electron chi connectivity index (χ3n) is 2.61. The molecule has 0 amide bonds. The summed E-state index contributed by atoms with van der Waals surface area (Å²) < 4.78 is 44.4. The van der Waals surface area contributed by atoms with E-state index in [-0.39, 0.29) is 18.3 Å². The van der Waals surface area contributed by atoms with E-state index in [2.05, 4.69) is 4.74 Å². The molecule has 0 saturated heterocycles. The molecular weight excluding hydrogens is 249 g/mol. The predicted octanol–water partition coefficient (Wildman–Crippen LogP) is 3.67. The summed E-state index contributed by atoms with van der Waals surface area (Å²) in [5, 5.41) is 0. The lowest BCUT2D eigenvalue weighted by atomic mass is 9.98. The molecule has 0 bridgehead atoms. The van der Waals surface area contributed by atoms with Gasteiger partial charge in [-0.1, -0.05) is 13.3 Å². The Morgan fingerprint density at radius 3 is 2.28 bits per heavy atom. The molecule has 0 aliphatic heterocycles. The van der Waals surface area contributed by atoms with Crippen molar-refractivity contribution in [1.29, 1.82) is 0 Å². The number of rotatable bonds is 8. The van der Waals surface area contributed by atoms with Crippen LogP contribution in [0.2, 0.25) is 0 Å². The Hall–Kier alpha value is -0.780. The zero-order valence-corrected chi connectivity index (χ0v) is 11.0. The molecule has 0 aliphatic rings. The molecule has 108 valence electrons. The van der Waals surface area contributed by atoms with Gasteiger partial charge in [0.1, 0.15) is 0 Å². The largest absolute Gasteiger partial charge is 0.522 e. The van der Waals surface area contributed by atoms with Crippen LogP contribution in [0.5, 0.6) is 0 Å². The predicted molar refractivity (Wildman–Crippen MR) is 60.9 cm³/mol. The first-order chi connectivity index (χ1) is 8.30. The summed E-state index contributed by atoms with van der Waals surface area (Å²) in [6.07, 6.45) is -3.53. The highest BCUT2D eigenvalue weighted by Crippen LogP contribution is 2.22. The molecule has 0 spiro atoms. The Bertz CT molecular complexity index is 241. The van der Waals surface area contributed by atoms with Gasteiger partial charge in [0.05, 0.1) is 18.6 Å². The van der Waals surface area contributed by atoms with Crippen LogP contribution in [0.4, 0.5) is 13.2 Å². The zero-order chi connectivity index (χ0) is 14.2. The van der Waals surface area contributed by atoms with Crippen LogP contribution in [0.3, 0.4) is 0 Å². The third-order valence-corrected chi connectivity index (χ3v) is 2.61. The van der Waals surface area contributed by atoms with Gasteiger partial charge in [-0.3, -0.25) is 9.53 Å². The van der Waals surface area contributed by atoms with Gasteiger partial charge in [-0.05, 0) is 33.1 Å². The summed E-state index contributed by atoms with van der Waals surface area (Å²) in [4.78, 5) is 11.4. The van der Waals surface area contributed by atoms with Crippen molar-refractivity contribution in [2.45, 2.75) is 58.9 Å². The van der Waals surface area contributed by atoms with E-state index in [1.807, 2.05) is 6.92 Å². The van der Waals surface area contributed by atoms with Gasteiger partial charge in [-0.25, -0.2) is 0 Å². The van der Waals surface area contributed by atoms with Gasteiger partial charge >= 0.3 is 12.3 Å². The van der Waals surface area contributed by atoms with E-state index in [1.165, 1.54) is 6.92 Å². The van der Waals surface area contributed by atoms with Crippen molar-refractivity contribution in [2.24, 2.45) is 5.92 Å². The van der Waals surface area contributed by atoms with E-state index in [0.717, 1.165) is 0 Å². The van der Waals surface area contributed by atoms with Crippen molar-refractivity contribution >= 4 is 5.97 Å². The molecule has 6 heteroatoms. The summed E-state index contributed by atoms with van der Waals surface area (Å²) in [5.74, 6) is -0.507. The lowest BCUT2D eigenvalue weighted by Crippen LogP contribution is -2.22. The van der Waals surface area contributed by atoms with Crippen LogP contribution in [-0.2, 0) is 14.3 Å². The van der Waals surface area contributed by atoms with Crippen LogP contribution in [0.15, 0.2) is 0 Å². The van der Waals surface area contributed by atoms with Gasteiger partial charge < -0.3 is 4.74 Å². The highest BCUT2D eigenvalue weighted by molar-refractivity contribution is 5.72. The number of carbonyl (C=O) groups is 1. The van der Waals surface area contributed by atoms with E-state index >= 15 is 0 Å². The molecule has 0 aromatic rings. The first kappa shape index (κ1) is 17.2. The van der Waals surface area contributed by atoms with E-state index < -0.39 is 12.5 Å². The lowest BCUT2D eigenvalue weighted by Gasteiger charge is -2.17. The molecule has 0 rings (SSSR count). The Kier molecular flexibility index (Phi) is 7.98. The molecule has 0 aliphatic carbocycles. The van der Waals surface area contributed by atoms with Crippen LogP contribution in [0.1, 0.15) is 46.5 Å². The summed E-state index contributed by atoms with van der Waals surface area (Å²) in [7, 11) is 0. The van der Waals surface area contributed by atoms with Crippen LogP contribution in [0.25, 0.3) is 0 Å². The maximum Gasteiger partial charge on any atom is 0.522 e. The first-order valence-electron chi connectivity index (χ1n) is 6.21. The number of ether oxygens (including phenoxy) is 2. The fraction of sp³-hybridized carbons (Fsp3) is 0.917. The fourth-order valence-electron chi connectivity index (χ4n) is 1.69. The topological polar surface area (TPSA) is 35.5 Å². The van der Waals surface area contributed by atoms with Crippen molar-refractivity contribution in [3.05, 3.63) is 0 Å². The van der Waals surface area contributed by atoms with Gasteiger partial charge in [-0.15, -0.1) is 13.2 Å². The van der Waals surface area contributed by atoms with Gasteiger partial charge in [0.15, 0.2) is 0 Å². The highest BCUT2D eigenvalue weighted by Gasteiger charge is 2.31. The van der Waals surface area contributed by atoms with Crippen LogP contribution in [-0.4, -0.2) is 25.0 Å². The van der Waals surface area contributed by atoms with Gasteiger partial charge in [0, 0.05) is 0 Å². The number of esters is 1. The SMILES string of the molecule is CCOC(=O)C(CC)CCCC(C)OC(F)(F)F. The average Bonchev–Trinajstić information content (AvgIpc) is 2.22. The summed E-state index contributed by atoms with van der Waals surface area (Å²) >= 11 is 0. The monoisotopic (exact) mass is 270 g/mol. The van der Waals surface area contributed by atoms with Crippen LogP contribution < -0.4 is 0 Å². The number of halogens is 3. The standard InChI is InChI=1S/C12H21F3O3/c1-4-10(11(16)17-5-2)8-6-7-9(3)18-12(13,14)15/h9-10H,4-8H2,1-3H3. The van der Waals surface area contributed by atoms with Crippen molar-refractivity contribution < 1.29 is 27.4 Å². The van der Waals surface area contributed by atoms with Crippen molar-refractivity contribution in [3.8, 4) is 0 Å². The van der Waals surface area contributed by atoms with E-state index in [1.54, 1.807) is 6.92 Å². The minimum absolute atomic E-state index is 0.233. The second kappa shape index (κ2) is 8.34. The maximum atomic E-state index is 11.9. The summed E-state index contributed by atoms with van der Waals surface area (Å²) in [5.41, 5.74) is 0. The second-order valence-electron chi connectivity index (χ2n) is 4.16. The van der Waals surface area contributed by atoms with Crippen LogP contribution >= 0.6 is 0 Å². The molecule has 2 atom stereocenters. The summed E-state index contributed by atoms with van der Waals surface area (Å²) in [6.45, 7) is 5.28. The van der Waals surface area contributed by atoms with Gasteiger partial charge in [-0.2, -0.15) is 0 Å². The minimum Gasteiger partial charge on any atom is -0.466 e. The normalized spacial score (nSPS) is 15.2. The van der Waals surface area contributed by atoms with Crippen LogP contribution in [0, 0.1) is 5.92 Å². The van der Waals surface area contributed by atoms with E-state index in [9.17, 15) is 18.0 Å². The number of hydrogen-bond acceptors (Lipinski definition) is 3. The number of hydrogen-bond donors (Lipinski definition) is 0. The molecule has 0 saturated carbocycles. The Morgan fingerprint density at radius 2 is 1.83 bits per heavy atom. The van der Waals surface area contributed by atoms with Crippen molar-refractivity contribution in [3.63, 3.8) is 0 Å². The molecule has 3 nitrogen and oxygen atoms in total. The average molecular weight is 270 g/mol. The van der Waals surface area contributed by atoms with E-state index in [4.69, 9.17) is 4.74 Å². The third kappa shape index (κ3) is 8.33. The molecule has 0 heterocycles. The Labute approximate surface area is 106 Å². The number of alkyl halides is 3. The molecule has 0 aromatic heterocycles. The lowest BCUT2D eigenvalue weighted by molar-refractivity contribution is -0.341. The molecule has 0 aromatic carbocycles. The second-order valence-corrected chi connectivity index (χ2v) is 4.16. The highest BCUT2D eigenvalue weighted by atomic mass is 19.4. The Morgan fingerprint density at radius 1 is 1.22 bits per heavy atom. The molecular formula is C12H21F3O3. The minimum atomic E-state index is -4.59. The quantitative estimate of drug-likeness (QED) is 0.631. The fourth-order valence-corrected chi connectivity index (χ4v) is 1.69. The maximum absolute atomic E-state index is 11.9. The van der Waals surface area contributed by atoms with Crippen molar-refractivity contribution in [2.75, 3.05) is 6.61 Å². The molecule has 0 radical (unpaired) electrons. The van der Waals surface area contributed by atoms with E-state index in [0.29, 0.717) is 25.9 Å². The van der Waals surface area contributed by atoms with Gasteiger partial charge in [0.2, 0.25) is 0 Å². The smallest absolute Gasteiger partial charge is 0.466 e. The molecule has 0 fully saturated rings. The molecule has 2 unspecified atom stereocenters.